The molecule has 32 heavy (non-hydrogen) atoms. The highest BCUT2D eigenvalue weighted by atomic mass is 32.2. The van der Waals surface area contributed by atoms with Gasteiger partial charge in [0.15, 0.2) is 0 Å². The number of aryl methyl sites for hydroxylation is 1. The lowest BCUT2D eigenvalue weighted by Gasteiger charge is -2.35. The lowest BCUT2D eigenvalue weighted by atomic mass is 10.1. The maximum Gasteiger partial charge on any atom is 0.255 e. The van der Waals surface area contributed by atoms with Crippen LogP contribution in [0.2, 0.25) is 0 Å². The molecule has 2 aromatic carbocycles. The number of hydrogen-bond acceptors (Lipinski definition) is 5. The molecular weight excluding hydrogens is 424 g/mol. The number of rotatable bonds is 5. The van der Waals surface area contributed by atoms with Crippen molar-refractivity contribution >= 4 is 27.3 Å². The summed E-state index contributed by atoms with van der Waals surface area (Å²) in [7, 11) is -1.50. The number of amides is 1. The van der Waals surface area contributed by atoms with Gasteiger partial charge in [0.25, 0.3) is 5.91 Å². The molecule has 0 atom stereocenters. The number of nitrogens with zero attached hydrogens (tertiary/aromatic N) is 3. The van der Waals surface area contributed by atoms with Crippen molar-refractivity contribution in [1.82, 2.24) is 9.21 Å². The van der Waals surface area contributed by atoms with Crippen LogP contribution in [0.1, 0.15) is 35.2 Å². The summed E-state index contributed by atoms with van der Waals surface area (Å²) in [5.41, 5.74) is 2.73. The third kappa shape index (κ3) is 4.82. The summed E-state index contributed by atoms with van der Waals surface area (Å²) in [6, 6.07) is 12.7. The number of para-hydroxylation sites is 2. The second-order valence-electron chi connectivity index (χ2n) is 8.71. The lowest BCUT2D eigenvalue weighted by molar-refractivity contribution is 0.102. The Labute approximate surface area is 191 Å². The molecule has 8 heteroatoms. The fourth-order valence-electron chi connectivity index (χ4n) is 4.36. The molecule has 0 aliphatic carbocycles. The highest BCUT2D eigenvalue weighted by molar-refractivity contribution is 7.89. The van der Waals surface area contributed by atoms with Gasteiger partial charge in [0.2, 0.25) is 10.0 Å². The Balaban J connectivity index is 1.57. The monoisotopic (exact) mass is 456 g/mol. The van der Waals surface area contributed by atoms with Crippen LogP contribution in [0.5, 0.6) is 0 Å². The Morgan fingerprint density at radius 2 is 1.59 bits per heavy atom. The fourth-order valence-corrected chi connectivity index (χ4v) is 6.13. The number of sulfonamides is 1. The third-order valence-corrected chi connectivity index (χ3v) is 8.42. The molecule has 2 aromatic rings. The average molecular weight is 457 g/mol. The van der Waals surface area contributed by atoms with Gasteiger partial charge in [0, 0.05) is 44.8 Å². The van der Waals surface area contributed by atoms with Crippen LogP contribution in [0.25, 0.3) is 0 Å². The number of piperazine rings is 1. The fraction of sp³-hybridized carbons (Fsp3) is 0.458. The van der Waals surface area contributed by atoms with E-state index in [0.29, 0.717) is 24.2 Å². The quantitative estimate of drug-likeness (QED) is 0.748. The van der Waals surface area contributed by atoms with E-state index in [2.05, 4.69) is 22.2 Å². The van der Waals surface area contributed by atoms with Crippen molar-refractivity contribution in [3.63, 3.8) is 0 Å². The van der Waals surface area contributed by atoms with Gasteiger partial charge in [-0.05, 0) is 56.6 Å². The molecule has 1 N–H and O–H groups in total. The van der Waals surface area contributed by atoms with E-state index >= 15 is 0 Å². The molecule has 2 heterocycles. The van der Waals surface area contributed by atoms with Crippen molar-refractivity contribution in [3.8, 4) is 0 Å². The Bertz CT molecular complexity index is 1070. The van der Waals surface area contributed by atoms with E-state index in [0.717, 1.165) is 56.8 Å². The van der Waals surface area contributed by atoms with E-state index in [4.69, 9.17) is 0 Å². The molecule has 0 unspecified atom stereocenters. The number of anilines is 2. The van der Waals surface area contributed by atoms with Gasteiger partial charge in [-0.3, -0.25) is 4.79 Å². The maximum atomic E-state index is 13.2. The van der Waals surface area contributed by atoms with Crippen LogP contribution in [0.3, 0.4) is 0 Å². The highest BCUT2D eigenvalue weighted by Crippen LogP contribution is 2.28. The molecule has 2 fully saturated rings. The smallest absolute Gasteiger partial charge is 0.255 e. The largest absolute Gasteiger partial charge is 0.367 e. The summed E-state index contributed by atoms with van der Waals surface area (Å²) in [5, 5.41) is 3.01. The zero-order chi connectivity index (χ0) is 22.7. The van der Waals surface area contributed by atoms with Crippen LogP contribution < -0.4 is 10.2 Å². The van der Waals surface area contributed by atoms with E-state index in [-0.39, 0.29) is 10.8 Å². The summed E-state index contributed by atoms with van der Waals surface area (Å²) in [6.45, 7) is 6.59. The normalized spacial score (nSPS) is 18.5. The second kappa shape index (κ2) is 9.60. The molecule has 0 spiro atoms. The van der Waals surface area contributed by atoms with Crippen LogP contribution in [0.4, 0.5) is 11.4 Å². The molecule has 2 saturated heterocycles. The molecule has 0 radical (unpaired) electrons. The summed E-state index contributed by atoms with van der Waals surface area (Å²) in [5.74, 6) is -0.304. The molecule has 2 aliphatic heterocycles. The van der Waals surface area contributed by atoms with Gasteiger partial charge in [-0.25, -0.2) is 8.42 Å². The minimum atomic E-state index is -3.61. The van der Waals surface area contributed by atoms with E-state index in [9.17, 15) is 13.2 Å². The van der Waals surface area contributed by atoms with Gasteiger partial charge in [-0.15, -0.1) is 0 Å². The van der Waals surface area contributed by atoms with Gasteiger partial charge >= 0.3 is 0 Å². The highest BCUT2D eigenvalue weighted by Gasteiger charge is 2.28. The Morgan fingerprint density at radius 3 is 2.31 bits per heavy atom. The van der Waals surface area contributed by atoms with Crippen LogP contribution >= 0.6 is 0 Å². The predicted octanol–water partition coefficient (Wildman–Crippen LogP) is 3.17. The molecule has 172 valence electrons. The molecule has 0 bridgehead atoms. The Kier molecular flexibility index (Phi) is 6.83. The van der Waals surface area contributed by atoms with Crippen LogP contribution in [-0.4, -0.2) is 69.8 Å². The van der Waals surface area contributed by atoms with Crippen molar-refractivity contribution in [2.45, 2.75) is 31.1 Å². The Hall–Kier alpha value is -2.42. The molecular formula is C24H32N4O3S. The standard InChI is InChI=1S/C24H32N4O3S/c1-19-10-11-20(18-23(19)32(30,31)28-12-6-3-7-13-28)24(29)25-21-8-4-5-9-22(21)27-16-14-26(2)15-17-27/h4-5,8-11,18H,3,6-7,12-17H2,1-2H3,(H,25,29). The van der Waals surface area contributed by atoms with Crippen molar-refractivity contribution in [2.24, 2.45) is 0 Å². The minimum Gasteiger partial charge on any atom is -0.367 e. The number of carbonyl (C=O) groups excluding carboxylic acids is 1. The van der Waals surface area contributed by atoms with Crippen molar-refractivity contribution in [3.05, 3.63) is 53.6 Å². The first-order chi connectivity index (χ1) is 15.4. The zero-order valence-electron chi connectivity index (χ0n) is 18.9. The lowest BCUT2D eigenvalue weighted by Crippen LogP contribution is -2.44. The number of benzene rings is 2. The maximum absolute atomic E-state index is 13.2. The zero-order valence-corrected chi connectivity index (χ0v) is 19.7. The average Bonchev–Trinajstić information content (AvgIpc) is 2.81. The van der Waals surface area contributed by atoms with E-state index in [1.54, 1.807) is 23.4 Å². The van der Waals surface area contributed by atoms with Crippen LogP contribution in [0.15, 0.2) is 47.4 Å². The van der Waals surface area contributed by atoms with E-state index < -0.39 is 10.0 Å². The number of piperidine rings is 1. The summed E-state index contributed by atoms with van der Waals surface area (Å²) < 4.78 is 28.0. The third-order valence-electron chi connectivity index (χ3n) is 6.38. The molecule has 0 aromatic heterocycles. The SMILES string of the molecule is Cc1ccc(C(=O)Nc2ccccc2N2CCN(C)CC2)cc1S(=O)(=O)N1CCCCC1. The predicted molar refractivity (Wildman–Crippen MR) is 128 cm³/mol. The summed E-state index contributed by atoms with van der Waals surface area (Å²) in [4.78, 5) is 17.9. The topological polar surface area (TPSA) is 73.0 Å². The number of carbonyl (C=O) groups is 1. The van der Waals surface area contributed by atoms with Crippen molar-refractivity contribution in [2.75, 3.05) is 56.5 Å². The molecule has 7 nitrogen and oxygen atoms in total. The summed E-state index contributed by atoms with van der Waals surface area (Å²) >= 11 is 0. The van der Waals surface area contributed by atoms with Gasteiger partial charge in [0.05, 0.1) is 16.3 Å². The molecule has 0 saturated carbocycles. The molecule has 2 aliphatic rings. The molecule has 1 amide bonds. The molecule has 4 rings (SSSR count). The Morgan fingerprint density at radius 1 is 0.906 bits per heavy atom. The summed E-state index contributed by atoms with van der Waals surface area (Å²) in [6.07, 6.45) is 2.81. The second-order valence-corrected chi connectivity index (χ2v) is 10.6. The number of likely N-dealkylation sites (N-methyl/N-ethyl adjacent to an activating group) is 1. The van der Waals surface area contributed by atoms with E-state index in [1.807, 2.05) is 24.3 Å². The van der Waals surface area contributed by atoms with Gasteiger partial charge < -0.3 is 15.1 Å². The van der Waals surface area contributed by atoms with E-state index in [1.165, 1.54) is 6.07 Å². The first-order valence-corrected chi connectivity index (χ1v) is 12.7. The first-order valence-electron chi connectivity index (χ1n) is 11.3. The van der Waals surface area contributed by atoms with Crippen LogP contribution in [0, 0.1) is 6.92 Å². The number of nitrogens with one attached hydrogen (secondary N) is 1. The van der Waals surface area contributed by atoms with Crippen molar-refractivity contribution < 1.29 is 13.2 Å². The van der Waals surface area contributed by atoms with Gasteiger partial charge in [0.1, 0.15) is 0 Å². The minimum absolute atomic E-state index is 0.222. The van der Waals surface area contributed by atoms with Crippen molar-refractivity contribution in [1.29, 1.82) is 0 Å². The number of hydrogen-bond donors (Lipinski definition) is 1. The first kappa shape index (κ1) is 22.8. The van der Waals surface area contributed by atoms with Gasteiger partial charge in [-0.2, -0.15) is 4.31 Å². The van der Waals surface area contributed by atoms with Crippen LogP contribution in [-0.2, 0) is 10.0 Å². The van der Waals surface area contributed by atoms with Gasteiger partial charge in [-0.1, -0.05) is 24.6 Å².